The molecule has 3 saturated heterocycles. The third-order valence-corrected chi connectivity index (χ3v) is 12.1. The number of rotatable bonds is 20. The summed E-state index contributed by atoms with van der Waals surface area (Å²) in [5.74, 6) is -1.73. The van der Waals surface area contributed by atoms with Crippen LogP contribution in [0.1, 0.15) is 43.7 Å². The number of aromatic nitrogens is 6. The molecule has 1 aromatic carbocycles. The summed E-state index contributed by atoms with van der Waals surface area (Å²) in [5, 5.41) is 14.8. The molecule has 29 heteroatoms. The first-order valence-electron chi connectivity index (χ1n) is 20.1. The standard InChI is InChI=1S/C37H46ClN9O17P2/c1-2-3-8-25(48)44-21(14-19-6-4-7-20(38)13-19)36(50)63-29-22(60-34(28(29)49)47-18-43-27-32(40)41-17-42-33(27)47)16-59-66(55,56)64-30-23(15-58-65(52,53)54)61-35(31(30)62-26-9-5-12-57-26)46-11-10-24(39)45-37(46)51/h2,4,6-7,10-11,13,17-18,21-23,26,28-31,34-35,49H,1,3,5,8-9,12,14-16H2,(H,44,48)(H,55,56)(H2,39,45,51)(H2,40,41,42)(H2,52,53,54)/t21-,22+,23+,26?,28+,29+,30+,31+,34+,35+/m0/s1. The molecule has 0 aliphatic carbocycles. The van der Waals surface area contributed by atoms with Crippen LogP contribution in [-0.2, 0) is 62.4 Å². The van der Waals surface area contributed by atoms with Gasteiger partial charge in [0.25, 0.3) is 0 Å². The first-order chi connectivity index (χ1) is 31.4. The van der Waals surface area contributed by atoms with Gasteiger partial charge in [-0.2, -0.15) is 4.98 Å². The van der Waals surface area contributed by atoms with Crippen LogP contribution in [0.3, 0.4) is 0 Å². The molecule has 0 bridgehead atoms. The number of phosphoric acid groups is 2. The van der Waals surface area contributed by atoms with Crippen LogP contribution in [0.15, 0.2) is 66.6 Å². The minimum Gasteiger partial charge on any atom is -0.455 e. The Hall–Kier alpha value is -4.76. The van der Waals surface area contributed by atoms with Gasteiger partial charge in [0.15, 0.2) is 36.3 Å². The number of aliphatic hydroxyl groups excluding tert-OH is 1. The van der Waals surface area contributed by atoms with Crippen LogP contribution in [0.5, 0.6) is 0 Å². The van der Waals surface area contributed by atoms with Crippen LogP contribution in [0.25, 0.3) is 11.2 Å². The predicted octanol–water partition coefficient (Wildman–Crippen LogP) is 0.795. The summed E-state index contributed by atoms with van der Waals surface area (Å²) in [7, 11) is -10.6. The molecule has 3 fully saturated rings. The molecular weight excluding hydrogens is 940 g/mol. The highest BCUT2D eigenvalue weighted by Crippen LogP contribution is 2.51. The van der Waals surface area contributed by atoms with E-state index in [-0.39, 0.29) is 42.2 Å². The summed E-state index contributed by atoms with van der Waals surface area (Å²) in [4.78, 5) is 86.4. The summed E-state index contributed by atoms with van der Waals surface area (Å²) in [6.45, 7) is 1.98. The number of halogens is 1. The van der Waals surface area contributed by atoms with Gasteiger partial charge in [0.05, 0.1) is 19.5 Å². The minimum absolute atomic E-state index is 0.00883. The summed E-state index contributed by atoms with van der Waals surface area (Å²) in [6.07, 6.45) is -7.81. The average molecular weight is 986 g/mol. The molecule has 3 aliphatic rings. The molecule has 7 rings (SSSR count). The number of aliphatic hydroxyl groups is 1. The molecule has 0 saturated carbocycles. The lowest BCUT2D eigenvalue weighted by molar-refractivity contribution is -0.181. The first-order valence-corrected chi connectivity index (χ1v) is 23.5. The van der Waals surface area contributed by atoms with E-state index in [0.717, 1.165) is 10.9 Å². The summed E-state index contributed by atoms with van der Waals surface area (Å²) in [6, 6.07) is 6.40. The normalized spacial score (nSPS) is 26.8. The summed E-state index contributed by atoms with van der Waals surface area (Å²) in [5.41, 5.74) is 11.5. The second-order valence-electron chi connectivity index (χ2n) is 15.1. The zero-order chi connectivity index (χ0) is 47.3. The zero-order valence-electron chi connectivity index (χ0n) is 34.5. The monoisotopic (exact) mass is 985 g/mol. The second-order valence-corrected chi connectivity index (χ2v) is 18.2. The number of imidazole rings is 1. The lowest BCUT2D eigenvalue weighted by Crippen LogP contribution is -2.47. The number of carbonyl (C=O) groups is 2. The number of anilines is 2. The van der Waals surface area contributed by atoms with Gasteiger partial charge in [0, 0.05) is 37.1 Å². The van der Waals surface area contributed by atoms with Crippen LogP contribution >= 0.6 is 27.2 Å². The van der Waals surface area contributed by atoms with E-state index in [1.165, 1.54) is 29.2 Å². The molecule has 11 atom stereocenters. The number of phosphoric ester groups is 2. The highest BCUT2D eigenvalue weighted by molar-refractivity contribution is 7.47. The number of nitrogen functional groups attached to an aromatic ring is 2. The van der Waals surface area contributed by atoms with Crippen LogP contribution < -0.4 is 22.5 Å². The van der Waals surface area contributed by atoms with E-state index < -0.39 is 108 Å². The molecule has 26 nitrogen and oxygen atoms in total. The van der Waals surface area contributed by atoms with Gasteiger partial charge in [0.2, 0.25) is 5.91 Å². The van der Waals surface area contributed by atoms with E-state index in [4.69, 9.17) is 55.8 Å². The van der Waals surface area contributed by atoms with Gasteiger partial charge in [-0.25, -0.2) is 33.7 Å². The van der Waals surface area contributed by atoms with Crippen molar-refractivity contribution in [1.82, 2.24) is 34.4 Å². The van der Waals surface area contributed by atoms with Crippen LogP contribution in [0.2, 0.25) is 5.02 Å². The topological polar surface area (TPSA) is 366 Å². The van der Waals surface area contributed by atoms with E-state index in [1.807, 2.05) is 0 Å². The lowest BCUT2D eigenvalue weighted by Gasteiger charge is -2.29. The molecule has 0 radical (unpaired) electrons. The Kier molecular flexibility index (Phi) is 15.7. The predicted molar refractivity (Wildman–Crippen MR) is 225 cm³/mol. The SMILES string of the molecule is C=CCCC(=O)N[C@@H](Cc1cccc(Cl)c1)C(=O)O[C@H]1[C@@H](O)[C@H](n2cnc3c(N)ncnc32)O[C@@H]1COP(=O)(O)O[C@H]1[C@@H](OC2CCCO2)[C@H](n2ccc(N)nc2=O)O[C@@H]1COP(=O)(O)O. The van der Waals surface area contributed by atoms with Crippen molar-refractivity contribution in [3.63, 3.8) is 0 Å². The van der Waals surface area contributed by atoms with Crippen LogP contribution in [-0.4, -0.2) is 130 Å². The van der Waals surface area contributed by atoms with Crippen molar-refractivity contribution in [1.29, 1.82) is 0 Å². The number of fused-ring (bicyclic) bond motifs is 1. The Morgan fingerprint density at radius 2 is 1.79 bits per heavy atom. The third kappa shape index (κ3) is 12.0. The van der Waals surface area contributed by atoms with Gasteiger partial charge >= 0.3 is 27.3 Å². The molecule has 358 valence electrons. The molecule has 3 aromatic heterocycles. The maximum atomic E-state index is 14.1. The Morgan fingerprint density at radius 3 is 2.50 bits per heavy atom. The van der Waals surface area contributed by atoms with Gasteiger partial charge in [-0.15, -0.1) is 6.58 Å². The fourth-order valence-corrected chi connectivity index (χ4v) is 8.92. The van der Waals surface area contributed by atoms with Crippen molar-refractivity contribution in [2.24, 2.45) is 0 Å². The number of ether oxygens (including phenoxy) is 5. The number of hydrogen-bond acceptors (Lipinski definition) is 20. The number of carbonyl (C=O) groups excluding carboxylic acids is 2. The largest absolute Gasteiger partial charge is 0.472 e. The van der Waals surface area contributed by atoms with E-state index in [0.29, 0.717) is 29.8 Å². The molecule has 1 amide bonds. The number of hydrogen-bond donors (Lipinski definition) is 7. The number of nitrogens with two attached hydrogens (primary N) is 2. The highest BCUT2D eigenvalue weighted by atomic mass is 35.5. The number of benzene rings is 1. The van der Waals surface area contributed by atoms with E-state index >= 15 is 0 Å². The first kappa shape index (κ1) is 49.2. The highest BCUT2D eigenvalue weighted by Gasteiger charge is 2.54. The number of nitrogens with one attached hydrogen (secondary N) is 1. The van der Waals surface area contributed by atoms with Crippen molar-refractivity contribution in [2.45, 2.75) is 93.5 Å². The van der Waals surface area contributed by atoms with Crippen LogP contribution in [0.4, 0.5) is 11.6 Å². The fourth-order valence-electron chi connectivity index (χ4n) is 7.41. The van der Waals surface area contributed by atoms with Crippen molar-refractivity contribution in [3.05, 3.63) is 82.9 Å². The number of esters is 1. The average Bonchev–Trinajstić information content (AvgIpc) is 4.06. The Morgan fingerprint density at radius 1 is 1.03 bits per heavy atom. The number of nitrogens with zero attached hydrogens (tertiary/aromatic N) is 6. The van der Waals surface area contributed by atoms with Gasteiger partial charge in [0.1, 0.15) is 54.2 Å². The lowest BCUT2D eigenvalue weighted by atomic mass is 10.0. The Labute approximate surface area is 378 Å². The maximum absolute atomic E-state index is 14.1. The van der Waals surface area contributed by atoms with Crippen molar-refractivity contribution < 1.29 is 75.8 Å². The Balaban J connectivity index is 1.17. The smallest absolute Gasteiger partial charge is 0.455 e. The molecule has 9 N–H and O–H groups in total. The molecule has 0 spiro atoms. The van der Waals surface area contributed by atoms with E-state index in [2.05, 4.69) is 36.4 Å². The molecule has 4 aromatic rings. The summed E-state index contributed by atoms with van der Waals surface area (Å²) < 4.78 is 73.4. The fraction of sp³-hybridized carbons (Fsp3) is 0.486. The molecule has 3 aliphatic heterocycles. The second kappa shape index (κ2) is 21.0. The molecule has 2 unspecified atom stereocenters. The van der Waals surface area contributed by atoms with Crippen molar-refractivity contribution >= 4 is 61.9 Å². The molecule has 6 heterocycles. The van der Waals surface area contributed by atoms with Gasteiger partial charge in [-0.3, -0.25) is 27.5 Å². The van der Waals surface area contributed by atoms with Gasteiger partial charge in [-0.05, 0) is 36.6 Å². The van der Waals surface area contributed by atoms with Gasteiger partial charge in [-0.1, -0.05) is 29.8 Å². The third-order valence-electron chi connectivity index (χ3n) is 10.4. The summed E-state index contributed by atoms with van der Waals surface area (Å²) >= 11 is 6.20. The van der Waals surface area contributed by atoms with Crippen molar-refractivity contribution in [3.8, 4) is 0 Å². The number of amides is 1. The minimum atomic E-state index is -5.43. The van der Waals surface area contributed by atoms with Crippen LogP contribution in [0, 0.1) is 0 Å². The molecular formula is C37H46ClN9O17P2. The zero-order valence-corrected chi connectivity index (χ0v) is 37.1. The number of allylic oxidation sites excluding steroid dienone is 1. The van der Waals surface area contributed by atoms with E-state index in [9.17, 15) is 43.3 Å². The molecule has 66 heavy (non-hydrogen) atoms. The van der Waals surface area contributed by atoms with Gasteiger partial charge < -0.3 is 60.3 Å². The maximum Gasteiger partial charge on any atom is 0.472 e. The Bertz CT molecular complexity index is 2540. The van der Waals surface area contributed by atoms with E-state index in [1.54, 1.807) is 24.3 Å². The quantitative estimate of drug-likeness (QED) is 0.0366. The van der Waals surface area contributed by atoms with Crippen molar-refractivity contribution in [2.75, 3.05) is 31.3 Å².